The maximum atomic E-state index is 5.14. The second-order valence-electron chi connectivity index (χ2n) is 4.48. The van der Waals surface area contributed by atoms with Gasteiger partial charge in [-0.25, -0.2) is 4.99 Å². The zero-order valence-electron chi connectivity index (χ0n) is 12.4. The monoisotopic (exact) mass is 287 g/mol. The lowest BCUT2D eigenvalue weighted by Crippen LogP contribution is -2.36. The molecule has 3 N–H and O–H groups in total. The van der Waals surface area contributed by atoms with E-state index in [2.05, 4.69) is 25.8 Å². The molecule has 0 atom stereocenters. The van der Waals surface area contributed by atoms with Crippen LogP contribution in [0.15, 0.2) is 41.5 Å². The summed E-state index contributed by atoms with van der Waals surface area (Å²) in [6.45, 7) is 4.13. The Morgan fingerprint density at radius 1 is 1.24 bits per heavy atom. The molecular weight excluding hydrogens is 266 g/mol. The summed E-state index contributed by atoms with van der Waals surface area (Å²) in [5.74, 6) is 1.63. The van der Waals surface area contributed by atoms with Gasteiger partial charge in [-0.1, -0.05) is 12.1 Å². The molecule has 2 rings (SSSR count). The standard InChI is InChI=1S/C15H21N5O/c1-3-16-15(18-11-13-8-9-19-20-13)17-10-12-4-6-14(21-2)7-5-12/h4-9H,3,10-11H2,1-2H3,(H,19,20)(H2,16,17,18). The lowest BCUT2D eigenvalue weighted by molar-refractivity contribution is 0.414. The normalized spacial score (nSPS) is 11.2. The molecule has 0 amide bonds. The van der Waals surface area contributed by atoms with Crippen molar-refractivity contribution in [2.45, 2.75) is 20.0 Å². The molecule has 0 aliphatic heterocycles. The Bertz CT molecular complexity index is 548. The third-order valence-electron chi connectivity index (χ3n) is 2.93. The summed E-state index contributed by atoms with van der Waals surface area (Å²) < 4.78 is 5.14. The second kappa shape index (κ2) is 7.94. The predicted molar refractivity (Wildman–Crippen MR) is 83.2 cm³/mol. The molecule has 0 unspecified atom stereocenters. The number of H-pyrrole nitrogens is 1. The lowest BCUT2D eigenvalue weighted by Gasteiger charge is -2.10. The highest BCUT2D eigenvalue weighted by molar-refractivity contribution is 5.79. The number of aliphatic imine (C=N–C) groups is 1. The predicted octanol–water partition coefficient (Wildman–Crippen LogP) is 1.67. The van der Waals surface area contributed by atoms with Crippen LogP contribution in [0.1, 0.15) is 18.2 Å². The van der Waals surface area contributed by atoms with E-state index in [1.807, 2.05) is 37.3 Å². The smallest absolute Gasteiger partial charge is 0.191 e. The number of rotatable bonds is 6. The Morgan fingerprint density at radius 2 is 2.05 bits per heavy atom. The third-order valence-corrected chi connectivity index (χ3v) is 2.93. The van der Waals surface area contributed by atoms with E-state index < -0.39 is 0 Å². The van der Waals surface area contributed by atoms with Crippen molar-refractivity contribution in [3.8, 4) is 5.75 Å². The summed E-state index contributed by atoms with van der Waals surface area (Å²) in [4.78, 5) is 4.56. The van der Waals surface area contributed by atoms with Gasteiger partial charge in [0.25, 0.3) is 0 Å². The van der Waals surface area contributed by atoms with Crippen molar-refractivity contribution in [2.24, 2.45) is 4.99 Å². The summed E-state index contributed by atoms with van der Waals surface area (Å²) in [5.41, 5.74) is 2.15. The average Bonchev–Trinajstić information content (AvgIpc) is 3.04. The Balaban J connectivity index is 1.92. The van der Waals surface area contributed by atoms with Gasteiger partial charge in [0.2, 0.25) is 0 Å². The van der Waals surface area contributed by atoms with Gasteiger partial charge in [0.05, 0.1) is 25.9 Å². The largest absolute Gasteiger partial charge is 0.497 e. The van der Waals surface area contributed by atoms with Crippen LogP contribution in [0, 0.1) is 0 Å². The first-order valence-corrected chi connectivity index (χ1v) is 6.95. The number of nitrogens with one attached hydrogen (secondary N) is 3. The number of hydrogen-bond acceptors (Lipinski definition) is 3. The maximum absolute atomic E-state index is 5.14. The third kappa shape index (κ3) is 4.83. The number of aromatic nitrogens is 2. The molecule has 1 aromatic heterocycles. The molecule has 6 nitrogen and oxygen atoms in total. The number of ether oxygens (including phenoxy) is 1. The molecule has 0 aliphatic rings. The van der Waals surface area contributed by atoms with Crippen LogP contribution in [-0.2, 0) is 13.1 Å². The lowest BCUT2D eigenvalue weighted by atomic mass is 10.2. The highest BCUT2D eigenvalue weighted by Crippen LogP contribution is 2.11. The molecule has 1 heterocycles. The molecule has 1 aromatic carbocycles. The van der Waals surface area contributed by atoms with Crippen LogP contribution < -0.4 is 15.4 Å². The van der Waals surface area contributed by atoms with Gasteiger partial charge in [-0.15, -0.1) is 0 Å². The minimum atomic E-state index is 0.613. The number of aromatic amines is 1. The van der Waals surface area contributed by atoms with E-state index in [4.69, 9.17) is 4.74 Å². The summed E-state index contributed by atoms with van der Waals surface area (Å²) in [6.07, 6.45) is 1.73. The van der Waals surface area contributed by atoms with Gasteiger partial charge in [0.15, 0.2) is 5.96 Å². The molecule has 6 heteroatoms. The summed E-state index contributed by atoms with van der Waals surface area (Å²) in [7, 11) is 1.66. The van der Waals surface area contributed by atoms with Crippen molar-refractivity contribution < 1.29 is 4.74 Å². The maximum Gasteiger partial charge on any atom is 0.191 e. The number of hydrogen-bond donors (Lipinski definition) is 3. The van der Waals surface area contributed by atoms with E-state index >= 15 is 0 Å². The van der Waals surface area contributed by atoms with Gasteiger partial charge in [-0.2, -0.15) is 5.10 Å². The topological polar surface area (TPSA) is 74.3 Å². The first-order valence-electron chi connectivity index (χ1n) is 6.95. The SMILES string of the molecule is CCNC(=NCc1ccc(OC)cc1)NCc1ccn[nH]1. The molecule has 0 radical (unpaired) electrons. The summed E-state index contributed by atoms with van der Waals surface area (Å²) in [6, 6.07) is 9.84. The van der Waals surface area contributed by atoms with Gasteiger partial charge < -0.3 is 15.4 Å². The first kappa shape index (κ1) is 14.9. The molecule has 0 spiro atoms. The van der Waals surface area contributed by atoms with Gasteiger partial charge >= 0.3 is 0 Å². The molecule has 0 saturated carbocycles. The van der Waals surface area contributed by atoms with Crippen LogP contribution in [-0.4, -0.2) is 29.8 Å². The zero-order chi connectivity index (χ0) is 14.9. The van der Waals surface area contributed by atoms with Crippen LogP contribution in [0.25, 0.3) is 0 Å². The van der Waals surface area contributed by atoms with Crippen LogP contribution >= 0.6 is 0 Å². The van der Waals surface area contributed by atoms with E-state index in [1.54, 1.807) is 13.3 Å². The molecule has 2 aromatic rings. The van der Waals surface area contributed by atoms with Gasteiger partial charge in [0, 0.05) is 12.7 Å². The number of methoxy groups -OCH3 is 1. The van der Waals surface area contributed by atoms with E-state index in [9.17, 15) is 0 Å². The van der Waals surface area contributed by atoms with Crippen molar-refractivity contribution in [1.29, 1.82) is 0 Å². The van der Waals surface area contributed by atoms with Crippen molar-refractivity contribution in [2.75, 3.05) is 13.7 Å². The summed E-state index contributed by atoms with van der Waals surface area (Å²) in [5, 5.41) is 13.3. The Labute approximate surface area is 124 Å². The second-order valence-corrected chi connectivity index (χ2v) is 4.48. The quantitative estimate of drug-likeness (QED) is 0.558. The fourth-order valence-corrected chi connectivity index (χ4v) is 1.81. The highest BCUT2D eigenvalue weighted by Gasteiger charge is 1.99. The minimum Gasteiger partial charge on any atom is -0.497 e. The van der Waals surface area contributed by atoms with Crippen LogP contribution in [0.4, 0.5) is 0 Å². The van der Waals surface area contributed by atoms with Crippen molar-refractivity contribution in [3.63, 3.8) is 0 Å². The fraction of sp³-hybridized carbons (Fsp3) is 0.333. The average molecular weight is 287 g/mol. The van der Waals surface area contributed by atoms with Crippen LogP contribution in [0.5, 0.6) is 5.75 Å². The Kier molecular flexibility index (Phi) is 5.63. The summed E-state index contributed by atoms with van der Waals surface area (Å²) >= 11 is 0. The Morgan fingerprint density at radius 3 is 2.67 bits per heavy atom. The van der Waals surface area contributed by atoms with Crippen molar-refractivity contribution >= 4 is 5.96 Å². The van der Waals surface area contributed by atoms with E-state index in [0.717, 1.165) is 29.5 Å². The first-order chi connectivity index (χ1) is 10.3. The van der Waals surface area contributed by atoms with Gasteiger partial charge in [-0.05, 0) is 30.7 Å². The molecule has 0 fully saturated rings. The number of nitrogens with zero attached hydrogens (tertiary/aromatic N) is 2. The van der Waals surface area contributed by atoms with E-state index in [0.29, 0.717) is 13.1 Å². The molecule has 0 saturated heterocycles. The van der Waals surface area contributed by atoms with Crippen LogP contribution in [0.2, 0.25) is 0 Å². The van der Waals surface area contributed by atoms with Crippen LogP contribution in [0.3, 0.4) is 0 Å². The number of benzene rings is 1. The van der Waals surface area contributed by atoms with Crippen molar-refractivity contribution in [1.82, 2.24) is 20.8 Å². The molecule has 21 heavy (non-hydrogen) atoms. The molecule has 0 aliphatic carbocycles. The fourth-order valence-electron chi connectivity index (χ4n) is 1.81. The van der Waals surface area contributed by atoms with Crippen molar-refractivity contribution in [3.05, 3.63) is 47.8 Å². The highest BCUT2D eigenvalue weighted by atomic mass is 16.5. The molecule has 112 valence electrons. The number of guanidine groups is 1. The zero-order valence-corrected chi connectivity index (χ0v) is 12.4. The molecular formula is C15H21N5O. The Hall–Kier alpha value is -2.50. The van der Waals surface area contributed by atoms with Gasteiger partial charge in [0.1, 0.15) is 5.75 Å². The van der Waals surface area contributed by atoms with E-state index in [1.165, 1.54) is 0 Å². The minimum absolute atomic E-state index is 0.613. The van der Waals surface area contributed by atoms with E-state index in [-0.39, 0.29) is 0 Å². The molecule has 0 bridgehead atoms. The van der Waals surface area contributed by atoms with Gasteiger partial charge in [-0.3, -0.25) is 5.10 Å².